The average molecular weight is 367 g/mol. The first-order chi connectivity index (χ1) is 13.3. The minimum absolute atomic E-state index is 0.159. The van der Waals surface area contributed by atoms with Crippen molar-refractivity contribution in [2.24, 2.45) is 0 Å². The fraction of sp³-hybridized carbons (Fsp3) is 0.316. The minimum atomic E-state index is -0.167. The van der Waals surface area contributed by atoms with Crippen molar-refractivity contribution in [3.05, 3.63) is 54.6 Å². The first kappa shape index (κ1) is 17.3. The van der Waals surface area contributed by atoms with Crippen LogP contribution in [0.5, 0.6) is 0 Å². The summed E-state index contributed by atoms with van der Waals surface area (Å²) >= 11 is 0. The van der Waals surface area contributed by atoms with Crippen LogP contribution in [-0.4, -0.2) is 40.2 Å². The van der Waals surface area contributed by atoms with Crippen molar-refractivity contribution in [3.8, 4) is 11.6 Å². The standard InChI is InChI=1S/C19H21N5O3/c25-19(20-14-5-2-1-3-6-14)21-15-8-10-24(11-9-15)13-17-22-18(23-27-17)16-7-4-12-26-16/h1-7,12,15H,8-11,13H2,(H2,20,21,25). The van der Waals surface area contributed by atoms with E-state index in [-0.39, 0.29) is 12.1 Å². The number of piperidine rings is 1. The Balaban J connectivity index is 1.23. The average Bonchev–Trinajstić information content (AvgIpc) is 3.36. The topological polar surface area (TPSA) is 96.4 Å². The Morgan fingerprint density at radius 1 is 1.15 bits per heavy atom. The molecule has 0 bridgehead atoms. The molecule has 0 saturated carbocycles. The molecule has 0 atom stereocenters. The van der Waals surface area contributed by atoms with Gasteiger partial charge in [0.05, 0.1) is 12.8 Å². The monoisotopic (exact) mass is 367 g/mol. The highest BCUT2D eigenvalue weighted by atomic mass is 16.5. The van der Waals surface area contributed by atoms with E-state index in [1.165, 1.54) is 0 Å². The van der Waals surface area contributed by atoms with Crippen molar-refractivity contribution < 1.29 is 13.7 Å². The number of carbonyl (C=O) groups excluding carboxylic acids is 1. The number of carbonyl (C=O) groups is 1. The summed E-state index contributed by atoms with van der Waals surface area (Å²) in [6.45, 7) is 2.31. The van der Waals surface area contributed by atoms with Crippen LogP contribution in [0.4, 0.5) is 10.5 Å². The van der Waals surface area contributed by atoms with Crippen molar-refractivity contribution in [2.75, 3.05) is 18.4 Å². The molecule has 1 aliphatic rings. The van der Waals surface area contributed by atoms with E-state index in [9.17, 15) is 4.79 Å². The molecular formula is C19H21N5O3. The molecule has 1 saturated heterocycles. The summed E-state index contributed by atoms with van der Waals surface area (Å²) in [6, 6.07) is 13.0. The highest BCUT2D eigenvalue weighted by Gasteiger charge is 2.22. The van der Waals surface area contributed by atoms with Crippen LogP contribution in [0.25, 0.3) is 11.6 Å². The van der Waals surface area contributed by atoms with Crippen molar-refractivity contribution in [1.82, 2.24) is 20.4 Å². The summed E-state index contributed by atoms with van der Waals surface area (Å²) in [5.41, 5.74) is 0.788. The number of nitrogens with zero attached hydrogens (tertiary/aromatic N) is 3. The molecule has 8 nitrogen and oxygen atoms in total. The third kappa shape index (κ3) is 4.53. The quantitative estimate of drug-likeness (QED) is 0.719. The predicted octanol–water partition coefficient (Wildman–Crippen LogP) is 3.12. The molecular weight excluding hydrogens is 346 g/mol. The summed E-state index contributed by atoms with van der Waals surface area (Å²) in [5, 5.41) is 9.83. The lowest BCUT2D eigenvalue weighted by atomic mass is 10.1. The van der Waals surface area contributed by atoms with Crippen LogP contribution in [-0.2, 0) is 6.54 Å². The van der Waals surface area contributed by atoms with E-state index in [2.05, 4.69) is 25.7 Å². The van der Waals surface area contributed by atoms with Crippen LogP contribution < -0.4 is 10.6 Å². The van der Waals surface area contributed by atoms with Gasteiger partial charge in [-0.2, -0.15) is 4.98 Å². The Bertz CT molecular complexity index is 855. The van der Waals surface area contributed by atoms with Crippen LogP contribution in [0.2, 0.25) is 0 Å². The largest absolute Gasteiger partial charge is 0.461 e. The van der Waals surface area contributed by atoms with E-state index in [0.29, 0.717) is 24.0 Å². The Morgan fingerprint density at radius 2 is 1.96 bits per heavy atom. The second kappa shape index (κ2) is 8.05. The van der Waals surface area contributed by atoms with E-state index in [1.54, 1.807) is 18.4 Å². The summed E-state index contributed by atoms with van der Waals surface area (Å²) in [5.74, 6) is 1.62. The number of amides is 2. The molecule has 0 unspecified atom stereocenters. The van der Waals surface area contributed by atoms with Gasteiger partial charge in [-0.05, 0) is 37.1 Å². The molecule has 27 heavy (non-hydrogen) atoms. The molecule has 140 valence electrons. The molecule has 2 amide bonds. The maximum Gasteiger partial charge on any atom is 0.319 e. The number of hydrogen-bond acceptors (Lipinski definition) is 6. The Morgan fingerprint density at radius 3 is 2.70 bits per heavy atom. The van der Waals surface area contributed by atoms with Crippen LogP contribution in [0.15, 0.2) is 57.7 Å². The van der Waals surface area contributed by atoms with Gasteiger partial charge in [0.1, 0.15) is 0 Å². The molecule has 3 heterocycles. The van der Waals surface area contributed by atoms with Gasteiger partial charge in [-0.15, -0.1) is 0 Å². The van der Waals surface area contributed by atoms with Crippen LogP contribution >= 0.6 is 0 Å². The molecule has 0 aliphatic carbocycles. The number of urea groups is 1. The Labute approximate surface area is 156 Å². The van der Waals surface area contributed by atoms with Crippen molar-refractivity contribution in [2.45, 2.75) is 25.4 Å². The van der Waals surface area contributed by atoms with Gasteiger partial charge < -0.3 is 19.6 Å². The highest BCUT2D eigenvalue weighted by molar-refractivity contribution is 5.89. The van der Waals surface area contributed by atoms with Crippen molar-refractivity contribution in [3.63, 3.8) is 0 Å². The first-order valence-electron chi connectivity index (χ1n) is 8.97. The molecule has 0 radical (unpaired) electrons. The van der Waals surface area contributed by atoms with E-state index in [1.807, 2.05) is 30.3 Å². The van der Waals surface area contributed by atoms with Crippen LogP contribution in [0, 0.1) is 0 Å². The normalized spacial score (nSPS) is 15.6. The number of likely N-dealkylation sites (tertiary alicyclic amines) is 1. The number of rotatable bonds is 5. The highest BCUT2D eigenvalue weighted by Crippen LogP contribution is 2.18. The molecule has 1 aliphatic heterocycles. The maximum absolute atomic E-state index is 12.1. The first-order valence-corrected chi connectivity index (χ1v) is 8.97. The van der Waals surface area contributed by atoms with E-state index in [0.717, 1.165) is 31.6 Å². The van der Waals surface area contributed by atoms with Crippen LogP contribution in [0.3, 0.4) is 0 Å². The van der Waals surface area contributed by atoms with E-state index in [4.69, 9.17) is 8.94 Å². The summed E-state index contributed by atoms with van der Waals surface area (Å²) in [4.78, 5) is 18.7. The zero-order valence-electron chi connectivity index (χ0n) is 14.8. The van der Waals surface area contributed by atoms with Gasteiger partial charge in [0, 0.05) is 24.8 Å². The van der Waals surface area contributed by atoms with Crippen LogP contribution in [0.1, 0.15) is 18.7 Å². The van der Waals surface area contributed by atoms with E-state index < -0.39 is 0 Å². The van der Waals surface area contributed by atoms with Gasteiger partial charge in [0.25, 0.3) is 0 Å². The molecule has 8 heteroatoms. The zero-order chi connectivity index (χ0) is 18.5. The number of nitrogens with one attached hydrogen (secondary N) is 2. The lowest BCUT2D eigenvalue weighted by molar-refractivity contribution is 0.171. The number of furan rings is 1. The number of aromatic nitrogens is 2. The summed E-state index contributed by atoms with van der Waals surface area (Å²) in [6.07, 6.45) is 3.33. The van der Waals surface area contributed by atoms with Gasteiger partial charge in [0.2, 0.25) is 11.7 Å². The molecule has 2 N–H and O–H groups in total. The number of para-hydroxylation sites is 1. The second-order valence-corrected chi connectivity index (χ2v) is 6.50. The number of anilines is 1. The lowest BCUT2D eigenvalue weighted by Crippen LogP contribution is -2.45. The zero-order valence-corrected chi connectivity index (χ0v) is 14.8. The van der Waals surface area contributed by atoms with Gasteiger partial charge in [-0.3, -0.25) is 4.90 Å². The lowest BCUT2D eigenvalue weighted by Gasteiger charge is -2.31. The smallest absolute Gasteiger partial charge is 0.319 e. The van der Waals surface area contributed by atoms with Crippen molar-refractivity contribution in [1.29, 1.82) is 0 Å². The molecule has 1 aromatic carbocycles. The molecule has 4 rings (SSSR count). The summed E-state index contributed by atoms with van der Waals surface area (Å²) < 4.78 is 10.6. The Kier molecular flexibility index (Phi) is 5.15. The Hall–Kier alpha value is -3.13. The van der Waals surface area contributed by atoms with E-state index >= 15 is 0 Å². The molecule has 0 spiro atoms. The third-order valence-electron chi connectivity index (χ3n) is 4.52. The van der Waals surface area contributed by atoms with Crippen molar-refractivity contribution >= 4 is 11.7 Å². The summed E-state index contributed by atoms with van der Waals surface area (Å²) in [7, 11) is 0. The van der Waals surface area contributed by atoms with Gasteiger partial charge in [0.15, 0.2) is 5.76 Å². The second-order valence-electron chi connectivity index (χ2n) is 6.50. The molecule has 1 fully saturated rings. The SMILES string of the molecule is O=C(Nc1ccccc1)NC1CCN(Cc2nc(-c3ccco3)no2)CC1. The molecule has 2 aromatic heterocycles. The minimum Gasteiger partial charge on any atom is -0.461 e. The maximum atomic E-state index is 12.1. The third-order valence-corrected chi connectivity index (χ3v) is 4.52. The number of hydrogen-bond donors (Lipinski definition) is 2. The fourth-order valence-corrected chi connectivity index (χ4v) is 3.13. The van der Waals surface area contributed by atoms with Gasteiger partial charge in [-0.1, -0.05) is 23.4 Å². The van der Waals surface area contributed by atoms with Gasteiger partial charge in [-0.25, -0.2) is 4.79 Å². The number of benzene rings is 1. The molecule has 3 aromatic rings. The fourth-order valence-electron chi connectivity index (χ4n) is 3.13. The predicted molar refractivity (Wildman–Crippen MR) is 98.9 cm³/mol. The van der Waals surface area contributed by atoms with Gasteiger partial charge >= 0.3 is 6.03 Å².